The van der Waals surface area contributed by atoms with E-state index in [9.17, 15) is 14.4 Å². The van der Waals surface area contributed by atoms with Gasteiger partial charge in [-0.2, -0.15) is 0 Å². The Morgan fingerprint density at radius 1 is 1.18 bits per heavy atom. The van der Waals surface area contributed by atoms with E-state index in [0.29, 0.717) is 16.1 Å². The van der Waals surface area contributed by atoms with Crippen LogP contribution < -0.4 is 21.5 Å². The molecule has 0 aliphatic heterocycles. The maximum absolute atomic E-state index is 13.1. The third-order valence-electron chi connectivity index (χ3n) is 6.53. The number of aromatic nitrogens is 1. The van der Waals surface area contributed by atoms with Crippen molar-refractivity contribution in [1.29, 1.82) is 0 Å². The van der Waals surface area contributed by atoms with Crippen molar-refractivity contribution >= 4 is 29.3 Å². The van der Waals surface area contributed by atoms with Gasteiger partial charge in [0, 0.05) is 46.7 Å². The van der Waals surface area contributed by atoms with Gasteiger partial charge in [-0.05, 0) is 82.7 Å². The summed E-state index contributed by atoms with van der Waals surface area (Å²) in [6, 6.07) is 5.67. The van der Waals surface area contributed by atoms with Crippen LogP contribution in [0.5, 0.6) is 0 Å². The maximum atomic E-state index is 13.1. The lowest BCUT2D eigenvalue weighted by Crippen LogP contribution is -2.41. The number of ether oxygens (including phenoxy) is 1. The zero-order valence-corrected chi connectivity index (χ0v) is 20.9. The molecule has 4 N–H and O–H groups in total. The number of carbonyl (C=O) groups is 2. The van der Waals surface area contributed by atoms with Gasteiger partial charge in [0.1, 0.15) is 6.10 Å². The van der Waals surface area contributed by atoms with Crippen LogP contribution >= 0.6 is 11.6 Å². The minimum Gasteiger partial charge on any atom is -0.446 e. The zero-order chi connectivity index (χ0) is 25.0. The van der Waals surface area contributed by atoms with Crippen LogP contribution in [0.2, 0.25) is 5.02 Å². The smallest absolute Gasteiger partial charge is 0.404 e. The molecule has 0 spiro atoms. The first kappa shape index (κ1) is 25.6. The fourth-order valence-corrected chi connectivity index (χ4v) is 5.04. The van der Waals surface area contributed by atoms with E-state index >= 15 is 0 Å². The molecule has 0 saturated heterocycles. The number of primary amides is 1. The Kier molecular flexibility index (Phi) is 8.25. The topological polar surface area (TPSA) is 118 Å². The van der Waals surface area contributed by atoms with Crippen molar-refractivity contribution in [2.75, 3.05) is 11.4 Å². The number of amides is 2. The molecule has 0 radical (unpaired) electrons. The van der Waals surface area contributed by atoms with Crippen molar-refractivity contribution in [3.63, 3.8) is 0 Å². The van der Waals surface area contributed by atoms with E-state index in [1.807, 2.05) is 32.9 Å². The lowest BCUT2D eigenvalue weighted by molar-refractivity contribution is 0.0784. The number of pyridine rings is 1. The van der Waals surface area contributed by atoms with Crippen molar-refractivity contribution in [1.82, 2.24) is 10.3 Å². The van der Waals surface area contributed by atoms with Crippen molar-refractivity contribution in [2.45, 2.75) is 72.1 Å². The van der Waals surface area contributed by atoms with Gasteiger partial charge in [-0.25, -0.2) is 4.79 Å². The van der Waals surface area contributed by atoms with Gasteiger partial charge >= 0.3 is 6.09 Å². The summed E-state index contributed by atoms with van der Waals surface area (Å²) >= 11 is 6.44. The molecule has 184 valence electrons. The fraction of sp³-hybridized carbons (Fsp3) is 0.480. The van der Waals surface area contributed by atoms with Gasteiger partial charge < -0.3 is 25.7 Å². The number of anilines is 1. The lowest BCUT2D eigenvalue weighted by Gasteiger charge is -2.38. The lowest BCUT2D eigenvalue weighted by atomic mass is 9.90. The molecule has 2 aromatic rings. The van der Waals surface area contributed by atoms with Crippen molar-refractivity contribution < 1.29 is 14.3 Å². The van der Waals surface area contributed by atoms with E-state index < -0.39 is 6.09 Å². The molecule has 1 aromatic carbocycles. The molecule has 3 rings (SSSR count). The molecule has 0 unspecified atom stereocenters. The molecular formula is C25H33ClN4O4. The first-order chi connectivity index (χ1) is 16.1. The summed E-state index contributed by atoms with van der Waals surface area (Å²) in [7, 11) is 0. The number of aromatic amines is 1. The van der Waals surface area contributed by atoms with E-state index in [-0.39, 0.29) is 30.2 Å². The fourth-order valence-electron chi connectivity index (χ4n) is 4.83. The van der Waals surface area contributed by atoms with Gasteiger partial charge in [-0.3, -0.25) is 9.59 Å². The second kappa shape index (κ2) is 11.0. The summed E-state index contributed by atoms with van der Waals surface area (Å²) in [6.45, 7) is 8.53. The highest BCUT2D eigenvalue weighted by Crippen LogP contribution is 2.34. The van der Waals surface area contributed by atoms with E-state index in [1.165, 1.54) is 0 Å². The standard InChI is InChI=1S/C25H33ClN4O4/c1-5-30(18-6-8-19(9-7-18)34-25(27)33)22-12-17(26)11-20(16(22)4)23(31)28-13-21-14(2)10-15(3)29-24(21)32/h10-12,18-19H,5-9,13H2,1-4H3,(H2,27,33)(H,28,31)(H,29,32)/t18-,19-. The van der Waals surface area contributed by atoms with Gasteiger partial charge in [-0.15, -0.1) is 0 Å². The van der Waals surface area contributed by atoms with E-state index in [2.05, 4.69) is 22.1 Å². The minimum atomic E-state index is -0.736. The Morgan fingerprint density at radius 2 is 1.85 bits per heavy atom. The number of hydrogen-bond acceptors (Lipinski definition) is 5. The number of nitrogens with zero attached hydrogens (tertiary/aromatic N) is 1. The van der Waals surface area contributed by atoms with Crippen molar-refractivity contribution in [3.8, 4) is 0 Å². The van der Waals surface area contributed by atoms with Crippen LogP contribution in [0.25, 0.3) is 0 Å². The van der Waals surface area contributed by atoms with Gasteiger partial charge in [0.25, 0.3) is 11.5 Å². The minimum absolute atomic E-state index is 0.128. The van der Waals surface area contributed by atoms with Crippen LogP contribution in [0.3, 0.4) is 0 Å². The molecule has 1 aromatic heterocycles. The predicted molar refractivity (Wildman–Crippen MR) is 134 cm³/mol. The molecule has 1 fully saturated rings. The summed E-state index contributed by atoms with van der Waals surface area (Å²) in [4.78, 5) is 41.5. The average Bonchev–Trinajstić information content (AvgIpc) is 2.76. The third-order valence-corrected chi connectivity index (χ3v) is 6.74. The number of benzene rings is 1. The first-order valence-corrected chi connectivity index (χ1v) is 12.0. The number of H-pyrrole nitrogens is 1. The molecular weight excluding hydrogens is 456 g/mol. The second-order valence-corrected chi connectivity index (χ2v) is 9.31. The van der Waals surface area contributed by atoms with Crippen LogP contribution in [0.15, 0.2) is 23.0 Å². The number of hydrogen-bond donors (Lipinski definition) is 3. The molecule has 1 saturated carbocycles. The molecule has 0 atom stereocenters. The monoisotopic (exact) mass is 488 g/mol. The summed E-state index contributed by atoms with van der Waals surface area (Å²) in [5, 5.41) is 3.35. The van der Waals surface area contributed by atoms with E-state index in [0.717, 1.165) is 54.7 Å². The molecule has 1 aliphatic carbocycles. The van der Waals surface area contributed by atoms with Crippen LogP contribution in [0, 0.1) is 20.8 Å². The van der Waals surface area contributed by atoms with E-state index in [4.69, 9.17) is 22.1 Å². The third kappa shape index (κ3) is 5.91. The van der Waals surface area contributed by atoms with Gasteiger partial charge in [0.2, 0.25) is 0 Å². The number of rotatable bonds is 7. The molecule has 9 heteroatoms. The Bertz CT molecular complexity index is 1120. The summed E-state index contributed by atoms with van der Waals surface area (Å²) in [5.74, 6) is -0.282. The average molecular weight is 489 g/mol. The molecule has 8 nitrogen and oxygen atoms in total. The largest absolute Gasteiger partial charge is 0.446 e. The maximum Gasteiger partial charge on any atom is 0.404 e. The van der Waals surface area contributed by atoms with E-state index in [1.54, 1.807) is 6.07 Å². The summed E-state index contributed by atoms with van der Waals surface area (Å²) in [6.07, 6.45) is 2.27. The Balaban J connectivity index is 1.79. The number of carbonyl (C=O) groups excluding carboxylic acids is 2. The second-order valence-electron chi connectivity index (χ2n) is 8.88. The highest BCUT2D eigenvalue weighted by atomic mass is 35.5. The highest BCUT2D eigenvalue weighted by molar-refractivity contribution is 6.31. The summed E-state index contributed by atoms with van der Waals surface area (Å²) in [5.41, 5.74) is 9.32. The quantitative estimate of drug-likeness (QED) is 0.542. The molecule has 34 heavy (non-hydrogen) atoms. The molecule has 2 amide bonds. The highest BCUT2D eigenvalue weighted by Gasteiger charge is 2.28. The predicted octanol–water partition coefficient (Wildman–Crippen LogP) is 4.12. The SMILES string of the molecule is CCN(c1cc(Cl)cc(C(=O)NCc2c(C)cc(C)[nH]c2=O)c1C)[C@H]1CC[C@H](OC(N)=O)CC1. The molecule has 0 bridgehead atoms. The molecule has 1 aliphatic rings. The number of aryl methyl sites for hydroxylation is 2. The van der Waals surface area contributed by atoms with Gasteiger partial charge in [0.05, 0.1) is 0 Å². The zero-order valence-electron chi connectivity index (χ0n) is 20.2. The van der Waals surface area contributed by atoms with Crippen LogP contribution in [0.4, 0.5) is 10.5 Å². The number of nitrogens with two attached hydrogens (primary N) is 1. The van der Waals surface area contributed by atoms with Gasteiger partial charge in [0.15, 0.2) is 0 Å². The number of nitrogens with one attached hydrogen (secondary N) is 2. The van der Waals surface area contributed by atoms with Crippen molar-refractivity contribution in [3.05, 3.63) is 61.5 Å². The first-order valence-electron chi connectivity index (χ1n) is 11.6. The van der Waals surface area contributed by atoms with Gasteiger partial charge in [-0.1, -0.05) is 11.6 Å². The Hall–Kier alpha value is -3.00. The normalized spacial score (nSPS) is 17.8. The Morgan fingerprint density at radius 3 is 2.44 bits per heavy atom. The van der Waals surface area contributed by atoms with Crippen molar-refractivity contribution in [2.24, 2.45) is 5.73 Å². The number of halogens is 1. The molecule has 1 heterocycles. The summed E-state index contributed by atoms with van der Waals surface area (Å²) < 4.78 is 5.16. The van der Waals surface area contributed by atoms with Crippen LogP contribution in [0.1, 0.15) is 65.3 Å². The van der Waals surface area contributed by atoms with Crippen LogP contribution in [-0.4, -0.2) is 35.7 Å². The van der Waals surface area contributed by atoms with Crippen LogP contribution in [-0.2, 0) is 11.3 Å². The Labute approximate surface area is 204 Å².